The molecule has 0 rings (SSSR count). The first kappa shape index (κ1) is 17.8. The van der Waals surface area contributed by atoms with E-state index < -0.39 is 12.1 Å². The van der Waals surface area contributed by atoms with E-state index in [0.29, 0.717) is 32.7 Å². The molecule has 0 radical (unpaired) electrons. The van der Waals surface area contributed by atoms with Gasteiger partial charge in [-0.15, -0.1) is 0 Å². The third-order valence-corrected chi connectivity index (χ3v) is 2.24. The van der Waals surface area contributed by atoms with Gasteiger partial charge in [0.15, 0.2) is 0 Å². The Morgan fingerprint density at radius 2 is 2.05 bits per heavy atom. The Morgan fingerprint density at radius 1 is 1.32 bits per heavy atom. The van der Waals surface area contributed by atoms with Gasteiger partial charge in [0.1, 0.15) is 0 Å². The number of amides is 1. The number of hydrogen-bond acceptors (Lipinski definition) is 6. The lowest BCUT2D eigenvalue weighted by Gasteiger charge is -2.11. The average Bonchev–Trinajstić information content (AvgIpc) is 2.35. The van der Waals surface area contributed by atoms with Crippen molar-refractivity contribution in [2.24, 2.45) is 0 Å². The predicted molar refractivity (Wildman–Crippen MR) is 69.6 cm³/mol. The normalized spacial score (nSPS) is 11.9. The highest BCUT2D eigenvalue weighted by atomic mass is 16.5. The molecule has 19 heavy (non-hydrogen) atoms. The van der Waals surface area contributed by atoms with Crippen molar-refractivity contribution in [2.45, 2.75) is 25.9 Å². The third-order valence-electron chi connectivity index (χ3n) is 2.24. The molecule has 1 unspecified atom stereocenters. The maximum absolute atomic E-state index is 11.3. The minimum absolute atomic E-state index is 0.0408. The predicted octanol–water partition coefficient (Wildman–Crippen LogP) is -0.957. The fourth-order valence-electron chi connectivity index (χ4n) is 1.34. The molecule has 0 heterocycles. The lowest BCUT2D eigenvalue weighted by Crippen LogP contribution is -2.33. The van der Waals surface area contributed by atoms with Gasteiger partial charge in [0.2, 0.25) is 5.91 Å². The van der Waals surface area contributed by atoms with Crippen molar-refractivity contribution in [1.29, 1.82) is 0 Å². The van der Waals surface area contributed by atoms with Crippen LogP contribution in [0.5, 0.6) is 0 Å². The fraction of sp³-hybridized carbons (Fsp3) is 0.833. The summed E-state index contributed by atoms with van der Waals surface area (Å²) < 4.78 is 9.51. The van der Waals surface area contributed by atoms with Gasteiger partial charge in [0.05, 0.1) is 25.7 Å². The number of esters is 1. The lowest BCUT2D eigenvalue weighted by atomic mass is 10.2. The number of methoxy groups -OCH3 is 1. The Morgan fingerprint density at radius 3 is 2.68 bits per heavy atom. The summed E-state index contributed by atoms with van der Waals surface area (Å²) in [6, 6.07) is 0. The van der Waals surface area contributed by atoms with Crippen LogP contribution in [0.25, 0.3) is 0 Å². The van der Waals surface area contributed by atoms with Gasteiger partial charge in [-0.25, -0.2) is 0 Å². The molecule has 0 aliphatic heterocycles. The van der Waals surface area contributed by atoms with Gasteiger partial charge < -0.3 is 25.2 Å². The summed E-state index contributed by atoms with van der Waals surface area (Å²) in [4.78, 5) is 22.3. The van der Waals surface area contributed by atoms with Crippen molar-refractivity contribution < 1.29 is 24.2 Å². The zero-order valence-corrected chi connectivity index (χ0v) is 11.6. The number of carbonyl (C=O) groups excluding carboxylic acids is 2. The molecule has 0 fully saturated rings. The van der Waals surface area contributed by atoms with Crippen molar-refractivity contribution in [3.8, 4) is 0 Å². The van der Waals surface area contributed by atoms with E-state index >= 15 is 0 Å². The zero-order chi connectivity index (χ0) is 14.5. The third kappa shape index (κ3) is 11.6. The second-order valence-corrected chi connectivity index (χ2v) is 3.96. The van der Waals surface area contributed by atoms with Gasteiger partial charge in [-0.05, 0) is 6.92 Å². The van der Waals surface area contributed by atoms with Crippen LogP contribution in [0, 0.1) is 0 Å². The van der Waals surface area contributed by atoms with Crippen molar-refractivity contribution >= 4 is 11.9 Å². The van der Waals surface area contributed by atoms with E-state index in [1.165, 1.54) is 0 Å². The first-order valence-corrected chi connectivity index (χ1v) is 6.40. The van der Waals surface area contributed by atoms with Crippen LogP contribution in [-0.2, 0) is 19.1 Å². The quantitative estimate of drug-likeness (QED) is 0.332. The van der Waals surface area contributed by atoms with Crippen LogP contribution in [-0.4, -0.2) is 63.0 Å². The number of aliphatic hydroxyl groups excluding tert-OH is 1. The van der Waals surface area contributed by atoms with Crippen LogP contribution >= 0.6 is 0 Å². The maximum atomic E-state index is 11.3. The molecule has 0 spiro atoms. The molecular formula is C12H24N2O5. The summed E-state index contributed by atoms with van der Waals surface area (Å²) in [5.74, 6) is -0.501. The molecule has 7 nitrogen and oxygen atoms in total. The van der Waals surface area contributed by atoms with Gasteiger partial charge in [-0.3, -0.25) is 9.59 Å². The van der Waals surface area contributed by atoms with E-state index in [4.69, 9.17) is 9.47 Å². The van der Waals surface area contributed by atoms with Crippen molar-refractivity contribution in [3.05, 3.63) is 0 Å². The smallest absolute Gasteiger partial charge is 0.308 e. The zero-order valence-electron chi connectivity index (χ0n) is 11.6. The summed E-state index contributed by atoms with van der Waals surface area (Å²) >= 11 is 0. The van der Waals surface area contributed by atoms with E-state index in [1.807, 2.05) is 0 Å². The summed E-state index contributed by atoms with van der Waals surface area (Å²) in [7, 11) is 1.57. The van der Waals surface area contributed by atoms with Crippen molar-refractivity contribution in [3.63, 3.8) is 0 Å². The topological polar surface area (TPSA) is 96.9 Å². The second kappa shape index (κ2) is 11.9. The van der Waals surface area contributed by atoms with E-state index in [0.717, 1.165) is 0 Å². The molecule has 112 valence electrons. The molecule has 0 bridgehead atoms. The monoisotopic (exact) mass is 276 g/mol. The van der Waals surface area contributed by atoms with Gasteiger partial charge in [0.25, 0.3) is 0 Å². The Kier molecular flexibility index (Phi) is 11.1. The van der Waals surface area contributed by atoms with Crippen LogP contribution in [0.1, 0.15) is 19.8 Å². The summed E-state index contributed by atoms with van der Waals surface area (Å²) in [6.07, 6.45) is -0.521. The summed E-state index contributed by atoms with van der Waals surface area (Å²) in [6.45, 7) is 3.69. The highest BCUT2D eigenvalue weighted by Gasteiger charge is 2.11. The van der Waals surface area contributed by atoms with Gasteiger partial charge >= 0.3 is 5.97 Å². The first-order valence-electron chi connectivity index (χ1n) is 6.40. The maximum Gasteiger partial charge on any atom is 0.308 e. The van der Waals surface area contributed by atoms with Gasteiger partial charge in [-0.2, -0.15) is 0 Å². The molecule has 0 saturated carbocycles. The van der Waals surface area contributed by atoms with Crippen molar-refractivity contribution in [2.75, 3.05) is 40.0 Å². The molecular weight excluding hydrogens is 252 g/mol. The SMILES string of the molecule is CCOC(=O)CC(O)CNCCC(=O)NCCOC. The minimum atomic E-state index is -0.796. The number of nitrogens with one attached hydrogen (secondary N) is 2. The molecule has 0 aliphatic carbocycles. The summed E-state index contributed by atoms with van der Waals surface area (Å²) in [5, 5.41) is 15.1. The van der Waals surface area contributed by atoms with Crippen LogP contribution < -0.4 is 10.6 Å². The average molecular weight is 276 g/mol. The van der Waals surface area contributed by atoms with E-state index in [9.17, 15) is 14.7 Å². The van der Waals surface area contributed by atoms with Crippen LogP contribution in [0.3, 0.4) is 0 Å². The highest BCUT2D eigenvalue weighted by Crippen LogP contribution is 1.93. The number of rotatable bonds is 11. The van der Waals surface area contributed by atoms with Gasteiger partial charge in [0, 0.05) is 33.2 Å². The standard InChI is InChI=1S/C12H24N2O5/c1-3-19-12(17)8-10(15)9-13-5-4-11(16)14-6-7-18-2/h10,13,15H,3-9H2,1-2H3,(H,14,16). The number of aliphatic hydroxyl groups is 1. The van der Waals surface area contributed by atoms with Crippen LogP contribution in [0.2, 0.25) is 0 Å². The van der Waals surface area contributed by atoms with Crippen LogP contribution in [0.4, 0.5) is 0 Å². The molecule has 0 saturated heterocycles. The first-order chi connectivity index (χ1) is 9.10. The van der Waals surface area contributed by atoms with E-state index in [1.54, 1.807) is 14.0 Å². The largest absolute Gasteiger partial charge is 0.466 e. The highest BCUT2D eigenvalue weighted by molar-refractivity contribution is 5.76. The number of carbonyl (C=O) groups is 2. The Bertz CT molecular complexity index is 261. The molecule has 0 aromatic rings. The molecule has 7 heteroatoms. The number of hydrogen-bond donors (Lipinski definition) is 3. The Hall–Kier alpha value is -1.18. The fourth-order valence-corrected chi connectivity index (χ4v) is 1.34. The van der Waals surface area contributed by atoms with E-state index in [2.05, 4.69) is 10.6 Å². The molecule has 3 N–H and O–H groups in total. The summed E-state index contributed by atoms with van der Waals surface area (Å²) in [5.41, 5.74) is 0. The molecule has 0 aromatic carbocycles. The van der Waals surface area contributed by atoms with Crippen molar-refractivity contribution in [1.82, 2.24) is 10.6 Å². The van der Waals surface area contributed by atoms with Gasteiger partial charge in [-0.1, -0.05) is 0 Å². The second-order valence-electron chi connectivity index (χ2n) is 3.96. The van der Waals surface area contributed by atoms with E-state index in [-0.39, 0.29) is 18.9 Å². The molecule has 0 aromatic heterocycles. The molecule has 1 amide bonds. The molecule has 0 aliphatic rings. The Balaban J connectivity index is 3.47. The van der Waals surface area contributed by atoms with Crippen LogP contribution in [0.15, 0.2) is 0 Å². The lowest BCUT2D eigenvalue weighted by molar-refractivity contribution is -0.145. The number of ether oxygens (including phenoxy) is 2. The molecule has 1 atom stereocenters. The Labute approximate surface area is 113 Å². The minimum Gasteiger partial charge on any atom is -0.466 e.